The van der Waals surface area contributed by atoms with E-state index in [1.54, 1.807) is 29.5 Å². The predicted molar refractivity (Wildman–Crippen MR) is 179 cm³/mol. The summed E-state index contributed by atoms with van der Waals surface area (Å²) in [7, 11) is 0. The summed E-state index contributed by atoms with van der Waals surface area (Å²) in [6.07, 6.45) is 1.15. The molecule has 10 nitrogen and oxygen atoms in total. The number of carbonyl (C=O) groups is 3. The minimum absolute atomic E-state index is 0.0101. The van der Waals surface area contributed by atoms with E-state index in [0.717, 1.165) is 47.6 Å². The Labute approximate surface area is 274 Å². The van der Waals surface area contributed by atoms with Crippen LogP contribution in [0.15, 0.2) is 54.0 Å². The Kier molecular flexibility index (Phi) is 10.4. The van der Waals surface area contributed by atoms with Gasteiger partial charge in [0.1, 0.15) is 23.9 Å². The smallest absolute Gasteiger partial charge is 0.252 e. The first-order valence-electron chi connectivity index (χ1n) is 16.0. The van der Waals surface area contributed by atoms with Crippen LogP contribution in [0.4, 0.5) is 0 Å². The molecule has 1 aromatic heterocycles. The number of carbonyl (C=O) groups excluding carboxylic acids is 3. The normalized spacial score (nSPS) is 20.2. The molecule has 0 aliphatic carbocycles. The van der Waals surface area contributed by atoms with Crippen LogP contribution in [0.3, 0.4) is 0 Å². The third-order valence-corrected chi connectivity index (χ3v) is 9.69. The maximum atomic E-state index is 14.1. The Hall–Kier alpha value is -3.80. The fraction of sp³-hybridized carbons (Fsp3) is 0.486. The third-order valence-electron chi connectivity index (χ3n) is 8.72. The number of β-amino-alcohol motifs (C(OH)–C–C–N with tert-alkyl or cyclic N) is 1. The van der Waals surface area contributed by atoms with Crippen LogP contribution < -0.4 is 20.7 Å². The molecule has 246 valence electrons. The van der Waals surface area contributed by atoms with Gasteiger partial charge in [0.05, 0.1) is 28.2 Å². The molecule has 2 saturated heterocycles. The SMILES string of the molecule is Cc1ncsc1-c1ccc([C@H](C)NC(=O)[C@@H]2C[C@@H](O)CN2C(=O)[C@@H](NC(=O)c2cccc(OC3CCNCC3)c2)C(C)(C)C)cc1. The van der Waals surface area contributed by atoms with Crippen molar-refractivity contribution >= 4 is 29.1 Å². The summed E-state index contributed by atoms with van der Waals surface area (Å²) in [5.41, 5.74) is 4.49. The fourth-order valence-electron chi connectivity index (χ4n) is 6.05. The number of aryl methyl sites for hydroxylation is 1. The van der Waals surface area contributed by atoms with Gasteiger partial charge < -0.3 is 30.7 Å². The van der Waals surface area contributed by atoms with Crippen LogP contribution >= 0.6 is 11.3 Å². The Balaban J connectivity index is 1.26. The van der Waals surface area contributed by atoms with Gasteiger partial charge in [-0.3, -0.25) is 14.4 Å². The number of hydrogen-bond donors (Lipinski definition) is 4. The predicted octanol–water partition coefficient (Wildman–Crippen LogP) is 4.23. The molecule has 11 heteroatoms. The van der Waals surface area contributed by atoms with E-state index in [0.29, 0.717) is 11.3 Å². The van der Waals surface area contributed by atoms with Crippen LogP contribution in [0.1, 0.15) is 74.6 Å². The van der Waals surface area contributed by atoms with E-state index < -0.39 is 35.4 Å². The quantitative estimate of drug-likeness (QED) is 0.273. The minimum atomic E-state index is -0.935. The second kappa shape index (κ2) is 14.3. The van der Waals surface area contributed by atoms with Crippen LogP contribution in [-0.2, 0) is 9.59 Å². The highest BCUT2D eigenvalue weighted by molar-refractivity contribution is 7.13. The molecule has 0 unspecified atom stereocenters. The molecule has 4 atom stereocenters. The van der Waals surface area contributed by atoms with Crippen LogP contribution in [0, 0.1) is 12.3 Å². The van der Waals surface area contributed by atoms with Gasteiger partial charge in [0.25, 0.3) is 5.91 Å². The molecule has 2 fully saturated rings. The second-order valence-electron chi connectivity index (χ2n) is 13.4. The molecule has 2 aliphatic heterocycles. The summed E-state index contributed by atoms with van der Waals surface area (Å²) < 4.78 is 6.12. The lowest BCUT2D eigenvalue weighted by Gasteiger charge is -2.35. The summed E-state index contributed by atoms with van der Waals surface area (Å²) >= 11 is 1.58. The average Bonchev–Trinajstić information content (AvgIpc) is 3.64. The van der Waals surface area contributed by atoms with E-state index in [4.69, 9.17) is 4.74 Å². The molecule has 0 saturated carbocycles. The number of hydrogen-bond acceptors (Lipinski definition) is 8. The lowest BCUT2D eigenvalue weighted by Crippen LogP contribution is -2.57. The molecule has 2 aromatic carbocycles. The Morgan fingerprint density at radius 1 is 1.09 bits per heavy atom. The highest BCUT2D eigenvalue weighted by Gasteiger charge is 2.44. The van der Waals surface area contributed by atoms with Crippen molar-refractivity contribution in [2.45, 2.75) is 84.2 Å². The van der Waals surface area contributed by atoms with E-state index in [-0.39, 0.29) is 31.0 Å². The van der Waals surface area contributed by atoms with Crippen molar-refractivity contribution in [1.82, 2.24) is 25.8 Å². The summed E-state index contributed by atoms with van der Waals surface area (Å²) in [5.74, 6) is -0.548. The number of nitrogens with one attached hydrogen (secondary N) is 3. The molecule has 4 N–H and O–H groups in total. The molecule has 3 amide bonds. The molecule has 5 rings (SSSR count). The lowest BCUT2D eigenvalue weighted by molar-refractivity contribution is -0.142. The average molecular weight is 648 g/mol. The van der Waals surface area contributed by atoms with Crippen molar-refractivity contribution in [2.24, 2.45) is 5.41 Å². The number of piperidine rings is 1. The number of benzene rings is 2. The third kappa shape index (κ3) is 7.94. The zero-order valence-corrected chi connectivity index (χ0v) is 28.0. The van der Waals surface area contributed by atoms with Gasteiger partial charge in [0.2, 0.25) is 11.8 Å². The van der Waals surface area contributed by atoms with Gasteiger partial charge in [0, 0.05) is 18.5 Å². The molecular weight excluding hydrogens is 602 g/mol. The number of amides is 3. The number of aliphatic hydroxyl groups excluding tert-OH is 1. The number of ether oxygens (including phenoxy) is 1. The number of aromatic nitrogens is 1. The summed E-state index contributed by atoms with van der Waals surface area (Å²) in [6, 6.07) is 12.8. The zero-order chi connectivity index (χ0) is 33.0. The molecule has 3 heterocycles. The van der Waals surface area contributed by atoms with Gasteiger partial charge in [-0.25, -0.2) is 4.98 Å². The van der Waals surface area contributed by atoms with Gasteiger partial charge in [-0.15, -0.1) is 11.3 Å². The Bertz CT molecular complexity index is 1530. The fourth-order valence-corrected chi connectivity index (χ4v) is 6.86. The number of nitrogens with zero attached hydrogens (tertiary/aromatic N) is 2. The highest BCUT2D eigenvalue weighted by atomic mass is 32.1. The molecule has 0 spiro atoms. The van der Waals surface area contributed by atoms with Gasteiger partial charge >= 0.3 is 0 Å². The number of likely N-dealkylation sites (tertiary alicyclic amines) is 1. The molecule has 0 radical (unpaired) electrons. The van der Waals surface area contributed by atoms with Gasteiger partial charge in [0.15, 0.2) is 0 Å². The summed E-state index contributed by atoms with van der Waals surface area (Å²) in [4.78, 5) is 48.0. The minimum Gasteiger partial charge on any atom is -0.490 e. The van der Waals surface area contributed by atoms with Gasteiger partial charge in [-0.05, 0) is 74.5 Å². The number of aliphatic hydroxyl groups is 1. The molecule has 46 heavy (non-hydrogen) atoms. The molecular formula is C35H45N5O5S. The van der Waals surface area contributed by atoms with Crippen molar-refractivity contribution in [2.75, 3.05) is 19.6 Å². The zero-order valence-electron chi connectivity index (χ0n) is 27.2. The van der Waals surface area contributed by atoms with Crippen LogP contribution in [0.25, 0.3) is 10.4 Å². The number of rotatable bonds is 9. The number of thiazole rings is 1. The molecule has 3 aromatic rings. The largest absolute Gasteiger partial charge is 0.490 e. The van der Waals surface area contributed by atoms with Crippen molar-refractivity contribution in [3.05, 3.63) is 70.9 Å². The molecule has 0 bridgehead atoms. The van der Waals surface area contributed by atoms with E-state index >= 15 is 0 Å². The summed E-state index contributed by atoms with van der Waals surface area (Å²) in [5, 5.41) is 19.9. The first kappa shape index (κ1) is 33.6. The van der Waals surface area contributed by atoms with Crippen molar-refractivity contribution in [3.8, 4) is 16.2 Å². The van der Waals surface area contributed by atoms with Crippen LogP contribution in [0.5, 0.6) is 5.75 Å². The van der Waals surface area contributed by atoms with Crippen LogP contribution in [-0.4, -0.2) is 76.6 Å². The maximum Gasteiger partial charge on any atom is 0.252 e. The topological polar surface area (TPSA) is 133 Å². The van der Waals surface area contributed by atoms with Crippen molar-refractivity contribution in [1.29, 1.82) is 0 Å². The first-order chi connectivity index (χ1) is 21.9. The van der Waals surface area contributed by atoms with Crippen molar-refractivity contribution < 1.29 is 24.2 Å². The Morgan fingerprint density at radius 2 is 1.80 bits per heavy atom. The second-order valence-corrected chi connectivity index (χ2v) is 14.2. The Morgan fingerprint density at radius 3 is 2.46 bits per heavy atom. The van der Waals surface area contributed by atoms with E-state index in [2.05, 4.69) is 20.9 Å². The van der Waals surface area contributed by atoms with E-state index in [9.17, 15) is 19.5 Å². The summed E-state index contributed by atoms with van der Waals surface area (Å²) in [6.45, 7) is 11.3. The van der Waals surface area contributed by atoms with Crippen molar-refractivity contribution in [3.63, 3.8) is 0 Å². The monoisotopic (exact) mass is 647 g/mol. The lowest BCUT2D eigenvalue weighted by atomic mass is 9.85. The van der Waals surface area contributed by atoms with E-state index in [1.807, 2.05) is 70.5 Å². The molecule has 2 aliphatic rings. The highest BCUT2D eigenvalue weighted by Crippen LogP contribution is 2.30. The maximum absolute atomic E-state index is 14.1. The van der Waals surface area contributed by atoms with Crippen LogP contribution in [0.2, 0.25) is 0 Å². The van der Waals surface area contributed by atoms with Gasteiger partial charge in [-0.1, -0.05) is 51.1 Å². The standard InChI is InChI=1S/C35H45N5O5S/c1-21(23-9-11-24(12-10-23)30-22(2)37-20-46-30)38-33(43)29-18-26(41)19-40(29)34(44)31(35(3,4)5)39-32(42)25-7-6-8-28(17-25)45-27-13-15-36-16-14-27/h6-12,17,20-21,26-27,29,31,36,41H,13-16,18-19H2,1-5H3,(H,38,43)(H,39,42)/t21-,26+,29-,31+/m0/s1. The van der Waals surface area contributed by atoms with E-state index in [1.165, 1.54) is 4.90 Å². The first-order valence-corrected chi connectivity index (χ1v) is 16.9. The van der Waals surface area contributed by atoms with Gasteiger partial charge in [-0.2, -0.15) is 0 Å².